The number of nitrogens with one attached hydrogen (secondary N) is 3. The lowest BCUT2D eigenvalue weighted by Gasteiger charge is -2.40. The molecule has 10 nitrogen and oxygen atoms in total. The highest BCUT2D eigenvalue weighted by Gasteiger charge is 2.43. The summed E-state index contributed by atoms with van der Waals surface area (Å²) in [6, 6.07) is 1.02. The van der Waals surface area contributed by atoms with Crippen LogP contribution in [0.5, 0.6) is 0 Å². The van der Waals surface area contributed by atoms with Crippen molar-refractivity contribution in [2.24, 2.45) is 0 Å². The Morgan fingerprint density at radius 3 is 2.45 bits per heavy atom. The highest BCUT2D eigenvalue weighted by atomic mass is 16.6. The quantitative estimate of drug-likeness (QED) is 0.298. The van der Waals surface area contributed by atoms with E-state index in [-0.39, 0.29) is 5.82 Å². The van der Waals surface area contributed by atoms with Gasteiger partial charge in [-0.05, 0) is 0 Å². The van der Waals surface area contributed by atoms with Gasteiger partial charge >= 0.3 is 5.69 Å². The first-order valence-corrected chi connectivity index (χ1v) is 5.83. The molecule has 112 valence electrons. The van der Waals surface area contributed by atoms with Crippen LogP contribution >= 0.6 is 0 Å². The Morgan fingerprint density at radius 1 is 1.15 bits per heavy atom. The maximum atomic E-state index is 11.1. The molecule has 0 saturated carbocycles. The average Bonchev–Trinajstić information content (AvgIpc) is 2.38. The lowest BCUT2D eigenvalue weighted by molar-refractivity contribution is -0.221. The number of rotatable bonds is 3. The molecule has 1 saturated heterocycles. The van der Waals surface area contributed by atoms with E-state index in [9.17, 15) is 24.9 Å². The minimum atomic E-state index is -1.55. The molecule has 1 aliphatic rings. The molecule has 10 heteroatoms. The van der Waals surface area contributed by atoms with Crippen molar-refractivity contribution in [3.63, 3.8) is 0 Å². The largest absolute Gasteiger partial charge is 0.394 e. The van der Waals surface area contributed by atoms with E-state index in [1.807, 2.05) is 4.98 Å². The van der Waals surface area contributed by atoms with Gasteiger partial charge in [0.2, 0.25) is 0 Å². The molecule has 7 N–H and O–H groups in total. The standard InChI is InChI=1S/C10H15N3O7/c14-2-3-6(16)7(17)8(18)9(20-3)11-4-1-5(15)13-10(19)12-4/h1,3,6-9,14,16-18H,2H2,(H3,11,12,13,15,19)/t3-,6+,7+,8+,9-/m0/s1. The highest BCUT2D eigenvalue weighted by molar-refractivity contribution is 5.33. The van der Waals surface area contributed by atoms with Crippen LogP contribution in [0.3, 0.4) is 0 Å². The van der Waals surface area contributed by atoms with Gasteiger partial charge in [-0.25, -0.2) is 4.79 Å². The predicted octanol–water partition coefficient (Wildman–Crippen LogP) is -3.72. The van der Waals surface area contributed by atoms with E-state index in [0.717, 1.165) is 6.07 Å². The van der Waals surface area contributed by atoms with Crippen molar-refractivity contribution in [1.82, 2.24) is 9.97 Å². The van der Waals surface area contributed by atoms with Crippen LogP contribution in [-0.2, 0) is 4.74 Å². The molecule has 5 atom stereocenters. The van der Waals surface area contributed by atoms with Crippen LogP contribution in [0.25, 0.3) is 0 Å². The minimum absolute atomic E-state index is 0.0388. The molecular formula is C10H15N3O7. The van der Waals surface area contributed by atoms with Crippen molar-refractivity contribution in [1.29, 1.82) is 0 Å². The zero-order chi connectivity index (χ0) is 14.9. The molecule has 0 spiro atoms. The third-order valence-electron chi connectivity index (χ3n) is 2.95. The van der Waals surface area contributed by atoms with Crippen molar-refractivity contribution < 1.29 is 25.2 Å². The molecule has 0 aliphatic carbocycles. The predicted molar refractivity (Wildman–Crippen MR) is 65.1 cm³/mol. The topological polar surface area (TPSA) is 168 Å². The first kappa shape index (κ1) is 14.7. The summed E-state index contributed by atoms with van der Waals surface area (Å²) in [6.07, 6.45) is -6.85. The fraction of sp³-hybridized carbons (Fsp3) is 0.600. The summed E-state index contributed by atoms with van der Waals surface area (Å²) in [5.74, 6) is -0.0388. The van der Waals surface area contributed by atoms with Crippen LogP contribution in [0.1, 0.15) is 0 Å². The SMILES string of the molecule is O=c1cc(N[C@H]2O[C@@H](CO)[C@@H](O)[C@@H](O)[C@H]2O)[nH]c(=O)[nH]1. The van der Waals surface area contributed by atoms with Crippen molar-refractivity contribution in [3.05, 3.63) is 26.9 Å². The molecule has 0 bridgehead atoms. The Labute approximate surface area is 111 Å². The van der Waals surface area contributed by atoms with E-state index in [2.05, 4.69) is 10.3 Å². The van der Waals surface area contributed by atoms with Crippen LogP contribution in [0.15, 0.2) is 15.7 Å². The molecular weight excluding hydrogens is 274 g/mol. The zero-order valence-electron chi connectivity index (χ0n) is 10.2. The molecule has 2 heterocycles. The van der Waals surface area contributed by atoms with Gasteiger partial charge in [-0.3, -0.25) is 14.8 Å². The molecule has 2 rings (SSSR count). The van der Waals surface area contributed by atoms with Gasteiger partial charge in [0.25, 0.3) is 5.56 Å². The zero-order valence-corrected chi connectivity index (χ0v) is 10.2. The summed E-state index contributed by atoms with van der Waals surface area (Å²) in [6.45, 7) is -0.574. The molecule has 1 fully saturated rings. The summed E-state index contributed by atoms with van der Waals surface area (Å²) in [7, 11) is 0. The van der Waals surface area contributed by atoms with Gasteiger partial charge in [0.05, 0.1) is 6.61 Å². The average molecular weight is 289 g/mol. The van der Waals surface area contributed by atoms with E-state index in [1.54, 1.807) is 0 Å². The molecule has 1 aromatic rings. The monoisotopic (exact) mass is 289 g/mol. The number of aromatic nitrogens is 2. The number of aliphatic hydroxyl groups excluding tert-OH is 4. The van der Waals surface area contributed by atoms with E-state index in [0.29, 0.717) is 0 Å². The van der Waals surface area contributed by atoms with Crippen molar-refractivity contribution in [2.75, 3.05) is 11.9 Å². The molecule has 1 aromatic heterocycles. The normalized spacial score (nSPS) is 33.9. The maximum Gasteiger partial charge on any atom is 0.327 e. The number of aromatic amines is 2. The summed E-state index contributed by atoms with van der Waals surface area (Å²) in [5.41, 5.74) is -1.43. The third-order valence-corrected chi connectivity index (χ3v) is 2.95. The number of hydrogen-bond acceptors (Lipinski definition) is 8. The number of aliphatic hydroxyl groups is 4. The van der Waals surface area contributed by atoms with E-state index in [4.69, 9.17) is 9.84 Å². The van der Waals surface area contributed by atoms with Gasteiger partial charge in [-0.2, -0.15) is 0 Å². The highest BCUT2D eigenvalue weighted by Crippen LogP contribution is 2.21. The molecule has 0 radical (unpaired) electrons. The van der Waals surface area contributed by atoms with Crippen LogP contribution in [-0.4, -0.2) is 67.6 Å². The summed E-state index contributed by atoms with van der Waals surface area (Å²) < 4.78 is 5.16. The van der Waals surface area contributed by atoms with Crippen molar-refractivity contribution in [2.45, 2.75) is 30.6 Å². The second-order valence-corrected chi connectivity index (χ2v) is 4.40. The fourth-order valence-electron chi connectivity index (χ4n) is 1.92. The van der Waals surface area contributed by atoms with E-state index >= 15 is 0 Å². The van der Waals surface area contributed by atoms with Crippen molar-refractivity contribution in [3.8, 4) is 0 Å². The summed E-state index contributed by atoms with van der Waals surface area (Å²) >= 11 is 0. The summed E-state index contributed by atoms with van der Waals surface area (Å²) in [5, 5.41) is 40.5. The van der Waals surface area contributed by atoms with Crippen molar-refractivity contribution >= 4 is 5.82 Å². The Bertz CT molecular complexity index is 540. The van der Waals surface area contributed by atoms with Gasteiger partial charge in [0.1, 0.15) is 30.2 Å². The second-order valence-electron chi connectivity index (χ2n) is 4.40. The Kier molecular flexibility index (Phi) is 4.20. The first-order chi connectivity index (χ1) is 9.42. The van der Waals surface area contributed by atoms with Gasteiger partial charge in [-0.15, -0.1) is 0 Å². The fourth-order valence-corrected chi connectivity index (χ4v) is 1.92. The Balaban J connectivity index is 2.19. The maximum absolute atomic E-state index is 11.1. The first-order valence-electron chi connectivity index (χ1n) is 5.83. The van der Waals surface area contributed by atoms with Crippen LogP contribution in [0.4, 0.5) is 5.82 Å². The van der Waals surface area contributed by atoms with Gasteiger partial charge < -0.3 is 30.5 Å². The summed E-state index contributed by atoms with van der Waals surface area (Å²) in [4.78, 5) is 26.4. The lowest BCUT2D eigenvalue weighted by atomic mass is 9.98. The second kappa shape index (κ2) is 5.73. The minimum Gasteiger partial charge on any atom is -0.394 e. The molecule has 0 aromatic carbocycles. The van der Waals surface area contributed by atoms with Crippen LogP contribution in [0, 0.1) is 0 Å². The van der Waals surface area contributed by atoms with Crippen LogP contribution in [0.2, 0.25) is 0 Å². The molecule has 20 heavy (non-hydrogen) atoms. The number of anilines is 1. The smallest absolute Gasteiger partial charge is 0.327 e. The van der Waals surface area contributed by atoms with Gasteiger partial charge in [0.15, 0.2) is 6.23 Å². The molecule has 0 unspecified atom stereocenters. The van der Waals surface area contributed by atoms with Gasteiger partial charge in [0, 0.05) is 6.07 Å². The number of hydrogen-bond donors (Lipinski definition) is 7. The Morgan fingerprint density at radius 2 is 1.85 bits per heavy atom. The number of H-pyrrole nitrogens is 2. The molecule has 1 aliphatic heterocycles. The Hall–Kier alpha value is -1.72. The number of ether oxygens (including phenoxy) is 1. The van der Waals surface area contributed by atoms with Crippen LogP contribution < -0.4 is 16.6 Å². The van der Waals surface area contributed by atoms with E-state index < -0.39 is 48.5 Å². The molecule has 0 amide bonds. The van der Waals surface area contributed by atoms with E-state index in [1.165, 1.54) is 0 Å². The third kappa shape index (κ3) is 2.89. The lowest BCUT2D eigenvalue weighted by Crippen LogP contribution is -2.60. The van der Waals surface area contributed by atoms with Gasteiger partial charge in [-0.1, -0.05) is 0 Å².